The second-order valence-corrected chi connectivity index (χ2v) is 8.41. The van der Waals surface area contributed by atoms with Gasteiger partial charge >= 0.3 is 0 Å². The van der Waals surface area contributed by atoms with Gasteiger partial charge in [0.1, 0.15) is 18.5 Å². The number of nitrogens with two attached hydrogens (primary N) is 1. The Kier molecular flexibility index (Phi) is 6.08. The van der Waals surface area contributed by atoms with Gasteiger partial charge in [0.15, 0.2) is 0 Å². The Labute approximate surface area is 194 Å². The monoisotopic (exact) mass is 475 g/mol. The molecule has 1 atom stereocenters. The Morgan fingerprint density at radius 3 is 2.55 bits per heavy atom. The van der Waals surface area contributed by atoms with Crippen molar-refractivity contribution in [3.63, 3.8) is 0 Å². The van der Waals surface area contributed by atoms with E-state index in [9.17, 15) is 4.79 Å². The van der Waals surface area contributed by atoms with Crippen LogP contribution in [0.2, 0.25) is 10.0 Å². The van der Waals surface area contributed by atoms with Crippen molar-refractivity contribution in [3.8, 4) is 5.69 Å². The summed E-state index contributed by atoms with van der Waals surface area (Å²) in [6.45, 7) is 1.32. The number of hydrogen-bond acceptors (Lipinski definition) is 6. The first-order chi connectivity index (χ1) is 14.8. The standard InChI is InChI=1S/C20H19Cl2N7OS/c21-14-6-12(29-9-25-26-10-29)7-15(22)17(14)20(30)27-11-4-5-28(8-11)16-3-1-2-13(18(16)31)19(23)24/h1-3,6-7,9-11,31H,4-5,8H2,(H3,23,24)(H,27,30). The van der Waals surface area contributed by atoms with E-state index < -0.39 is 0 Å². The van der Waals surface area contributed by atoms with Gasteiger partial charge in [-0.05, 0) is 24.6 Å². The number of nitrogens with one attached hydrogen (secondary N) is 2. The van der Waals surface area contributed by atoms with E-state index in [0.717, 1.165) is 18.7 Å². The Morgan fingerprint density at radius 1 is 1.23 bits per heavy atom. The number of nitrogen functional groups attached to an aromatic ring is 1. The summed E-state index contributed by atoms with van der Waals surface area (Å²) in [6, 6.07) is 8.73. The highest BCUT2D eigenvalue weighted by molar-refractivity contribution is 7.80. The van der Waals surface area contributed by atoms with Gasteiger partial charge < -0.3 is 16.0 Å². The number of nitrogens with zero attached hydrogens (tertiary/aromatic N) is 4. The maximum Gasteiger partial charge on any atom is 0.254 e. The molecule has 1 aromatic heterocycles. The molecule has 1 aliphatic rings. The van der Waals surface area contributed by atoms with Crippen molar-refractivity contribution in [1.29, 1.82) is 5.41 Å². The van der Waals surface area contributed by atoms with Gasteiger partial charge in [-0.25, -0.2) is 0 Å². The lowest BCUT2D eigenvalue weighted by Gasteiger charge is -2.22. The molecule has 11 heteroatoms. The molecular formula is C20H19Cl2N7OS. The van der Waals surface area contributed by atoms with Gasteiger partial charge in [-0.2, -0.15) is 0 Å². The molecule has 1 unspecified atom stereocenters. The third kappa shape index (κ3) is 4.34. The molecule has 1 aliphatic heterocycles. The molecule has 3 aromatic rings. The summed E-state index contributed by atoms with van der Waals surface area (Å²) < 4.78 is 1.65. The quantitative estimate of drug-likeness (QED) is 0.257. The van der Waals surface area contributed by atoms with Crippen molar-refractivity contribution in [1.82, 2.24) is 20.1 Å². The third-order valence-electron chi connectivity index (χ3n) is 5.14. The Morgan fingerprint density at radius 2 is 1.90 bits per heavy atom. The van der Waals surface area contributed by atoms with E-state index in [1.165, 1.54) is 12.7 Å². The van der Waals surface area contributed by atoms with Crippen LogP contribution in [0.5, 0.6) is 0 Å². The van der Waals surface area contributed by atoms with Crippen LogP contribution < -0.4 is 16.0 Å². The van der Waals surface area contributed by atoms with Gasteiger partial charge in [0, 0.05) is 29.6 Å². The normalized spacial score (nSPS) is 15.8. The van der Waals surface area contributed by atoms with E-state index in [-0.39, 0.29) is 33.4 Å². The second kappa shape index (κ2) is 8.78. The van der Waals surface area contributed by atoms with Crippen LogP contribution in [0.25, 0.3) is 5.69 Å². The Bertz CT molecular complexity index is 1130. The van der Waals surface area contributed by atoms with E-state index in [1.807, 2.05) is 12.1 Å². The first-order valence-electron chi connectivity index (χ1n) is 9.41. The first-order valence-corrected chi connectivity index (χ1v) is 10.6. The zero-order valence-corrected chi connectivity index (χ0v) is 18.6. The van der Waals surface area contributed by atoms with Gasteiger partial charge in [-0.15, -0.1) is 22.8 Å². The average Bonchev–Trinajstić information content (AvgIpc) is 3.39. The molecule has 0 radical (unpaired) electrons. The van der Waals surface area contributed by atoms with E-state index >= 15 is 0 Å². The van der Waals surface area contributed by atoms with Crippen molar-refractivity contribution >= 4 is 53.3 Å². The molecular weight excluding hydrogens is 457 g/mol. The Balaban J connectivity index is 1.48. The topological polar surface area (TPSA) is 113 Å². The summed E-state index contributed by atoms with van der Waals surface area (Å²) in [4.78, 5) is 15.7. The number of amides is 1. The zero-order valence-electron chi connectivity index (χ0n) is 16.2. The van der Waals surface area contributed by atoms with E-state index in [0.29, 0.717) is 22.7 Å². The Hall–Kier alpha value is -2.75. The van der Waals surface area contributed by atoms with Crippen LogP contribution in [0.1, 0.15) is 22.3 Å². The van der Waals surface area contributed by atoms with Gasteiger partial charge in [0.05, 0.1) is 27.0 Å². The largest absolute Gasteiger partial charge is 0.384 e. The number of amidine groups is 1. The maximum absolute atomic E-state index is 12.9. The summed E-state index contributed by atoms with van der Waals surface area (Å²) in [5.41, 5.74) is 7.99. The third-order valence-corrected chi connectivity index (χ3v) is 6.21. The predicted molar refractivity (Wildman–Crippen MR) is 124 cm³/mol. The van der Waals surface area contributed by atoms with Crippen molar-refractivity contribution < 1.29 is 4.79 Å². The summed E-state index contributed by atoms with van der Waals surface area (Å²) in [5, 5.41) is 18.7. The van der Waals surface area contributed by atoms with Crippen LogP contribution in [0.3, 0.4) is 0 Å². The zero-order chi connectivity index (χ0) is 22.1. The molecule has 31 heavy (non-hydrogen) atoms. The summed E-state index contributed by atoms with van der Waals surface area (Å²) in [7, 11) is 0. The lowest BCUT2D eigenvalue weighted by molar-refractivity contribution is 0.0940. The molecule has 0 aliphatic carbocycles. The molecule has 1 fully saturated rings. The molecule has 1 saturated heterocycles. The molecule has 8 nitrogen and oxygen atoms in total. The maximum atomic E-state index is 12.9. The highest BCUT2D eigenvalue weighted by Gasteiger charge is 2.27. The van der Waals surface area contributed by atoms with Crippen LogP contribution >= 0.6 is 35.8 Å². The number of carbonyl (C=O) groups excluding carboxylic acids is 1. The van der Waals surface area contributed by atoms with Gasteiger partial charge in [-0.3, -0.25) is 14.8 Å². The number of rotatable bonds is 5. The number of aromatic nitrogens is 3. The molecule has 0 saturated carbocycles. The lowest BCUT2D eigenvalue weighted by Crippen LogP contribution is -2.37. The molecule has 0 spiro atoms. The SMILES string of the molecule is N=C(N)c1cccc(N2CCC(NC(=O)c3c(Cl)cc(-n4cnnc4)cc3Cl)C2)c1S. The molecule has 4 N–H and O–H groups in total. The molecule has 4 rings (SSSR count). The van der Waals surface area contributed by atoms with Crippen molar-refractivity contribution in [2.75, 3.05) is 18.0 Å². The number of thiol groups is 1. The van der Waals surface area contributed by atoms with Gasteiger partial charge in [-0.1, -0.05) is 35.3 Å². The van der Waals surface area contributed by atoms with Crippen molar-refractivity contribution in [2.24, 2.45) is 5.73 Å². The van der Waals surface area contributed by atoms with Crippen molar-refractivity contribution in [2.45, 2.75) is 17.4 Å². The molecule has 0 bridgehead atoms. The fraction of sp³-hybridized carbons (Fsp3) is 0.200. The molecule has 1 amide bonds. The highest BCUT2D eigenvalue weighted by Crippen LogP contribution is 2.31. The number of hydrogen-bond donors (Lipinski definition) is 4. The van der Waals surface area contributed by atoms with Crippen LogP contribution in [0.4, 0.5) is 5.69 Å². The molecule has 160 valence electrons. The van der Waals surface area contributed by atoms with Crippen LogP contribution in [0, 0.1) is 5.41 Å². The van der Waals surface area contributed by atoms with Gasteiger partial charge in [0.25, 0.3) is 5.91 Å². The van der Waals surface area contributed by atoms with Crippen molar-refractivity contribution in [3.05, 3.63) is 64.2 Å². The first kappa shape index (κ1) is 21.5. The molecule has 2 aromatic carbocycles. The van der Waals surface area contributed by atoms with E-state index in [4.69, 9.17) is 34.3 Å². The smallest absolute Gasteiger partial charge is 0.254 e. The second-order valence-electron chi connectivity index (χ2n) is 7.15. The lowest BCUT2D eigenvalue weighted by atomic mass is 10.1. The summed E-state index contributed by atoms with van der Waals surface area (Å²) >= 11 is 17.3. The summed E-state index contributed by atoms with van der Waals surface area (Å²) in [6.07, 6.45) is 3.79. The van der Waals surface area contributed by atoms with Crippen LogP contribution in [-0.4, -0.2) is 45.6 Å². The minimum atomic E-state index is -0.333. The minimum absolute atomic E-state index is 0.0323. The fourth-order valence-electron chi connectivity index (χ4n) is 3.62. The van der Waals surface area contributed by atoms with Gasteiger partial charge in [0.2, 0.25) is 0 Å². The van der Waals surface area contributed by atoms with Crippen LogP contribution in [0.15, 0.2) is 47.9 Å². The summed E-state index contributed by atoms with van der Waals surface area (Å²) in [5.74, 6) is -0.365. The number of anilines is 1. The molecule has 2 heterocycles. The number of benzene rings is 2. The number of carbonyl (C=O) groups is 1. The van der Waals surface area contributed by atoms with E-state index in [1.54, 1.807) is 22.8 Å². The minimum Gasteiger partial charge on any atom is -0.384 e. The highest BCUT2D eigenvalue weighted by atomic mass is 35.5. The fourth-order valence-corrected chi connectivity index (χ4v) is 4.68. The predicted octanol–water partition coefficient (Wildman–Crippen LogP) is 3.16. The number of halogens is 2. The van der Waals surface area contributed by atoms with Crippen LogP contribution in [-0.2, 0) is 0 Å². The average molecular weight is 476 g/mol. The van der Waals surface area contributed by atoms with E-state index in [2.05, 4.69) is 33.0 Å².